The molecule has 0 atom stereocenters. The number of nitrogens with one attached hydrogen (secondary N) is 1. The average Bonchev–Trinajstić information content (AvgIpc) is 2.73. The zero-order valence-corrected chi connectivity index (χ0v) is 12.7. The van der Waals surface area contributed by atoms with Gasteiger partial charge in [0.1, 0.15) is 0 Å². The summed E-state index contributed by atoms with van der Waals surface area (Å²) >= 11 is 0. The number of benzene rings is 1. The summed E-state index contributed by atoms with van der Waals surface area (Å²) < 4.78 is 26.3. The van der Waals surface area contributed by atoms with E-state index in [0.717, 1.165) is 28.3 Å². The van der Waals surface area contributed by atoms with Crippen LogP contribution in [0.25, 0.3) is 0 Å². The molecule has 1 aromatic heterocycles. The Hall–Kier alpha value is -1.66. The van der Waals surface area contributed by atoms with E-state index in [9.17, 15) is 8.42 Å². The molecule has 0 unspecified atom stereocenters. The average molecular weight is 293 g/mol. The summed E-state index contributed by atoms with van der Waals surface area (Å²) in [6.07, 6.45) is 0.762. The molecule has 0 aliphatic heterocycles. The molecule has 20 heavy (non-hydrogen) atoms. The molecule has 0 fully saturated rings. The predicted molar refractivity (Wildman–Crippen MR) is 78.4 cm³/mol. The van der Waals surface area contributed by atoms with Crippen molar-refractivity contribution in [3.05, 3.63) is 47.3 Å². The summed E-state index contributed by atoms with van der Waals surface area (Å²) in [4.78, 5) is 0.255. The minimum absolute atomic E-state index is 0.255. The molecule has 108 valence electrons. The lowest BCUT2D eigenvalue weighted by atomic mass is 10.1. The van der Waals surface area contributed by atoms with Crippen molar-refractivity contribution >= 4 is 10.0 Å². The van der Waals surface area contributed by atoms with Gasteiger partial charge in [-0.25, -0.2) is 0 Å². The van der Waals surface area contributed by atoms with Gasteiger partial charge in [-0.05, 0) is 51.6 Å². The molecule has 0 saturated heterocycles. The van der Waals surface area contributed by atoms with E-state index in [1.54, 1.807) is 37.3 Å². The maximum Gasteiger partial charge on any atom is 0.283 e. The van der Waals surface area contributed by atoms with Crippen LogP contribution in [-0.2, 0) is 16.4 Å². The Balaban J connectivity index is 2.49. The van der Waals surface area contributed by atoms with Crippen molar-refractivity contribution in [2.24, 2.45) is 0 Å². The molecule has 0 aliphatic rings. The first kappa shape index (κ1) is 14.7. The predicted octanol–water partition coefficient (Wildman–Crippen LogP) is 1.50. The van der Waals surface area contributed by atoms with E-state index in [4.69, 9.17) is 0 Å². The van der Waals surface area contributed by atoms with Crippen LogP contribution in [0, 0.1) is 13.8 Å². The van der Waals surface area contributed by atoms with Crippen molar-refractivity contribution in [3.63, 3.8) is 0 Å². The van der Waals surface area contributed by atoms with E-state index in [1.165, 1.54) is 0 Å². The Morgan fingerprint density at radius 1 is 1.20 bits per heavy atom. The van der Waals surface area contributed by atoms with Gasteiger partial charge in [0.05, 0.1) is 16.3 Å². The maximum atomic E-state index is 12.6. The van der Waals surface area contributed by atoms with Crippen LogP contribution < -0.4 is 5.32 Å². The second-order valence-corrected chi connectivity index (χ2v) is 6.43. The van der Waals surface area contributed by atoms with Gasteiger partial charge >= 0.3 is 0 Å². The number of hydrogen-bond acceptors (Lipinski definition) is 4. The molecular weight excluding hydrogens is 274 g/mol. The third-order valence-electron chi connectivity index (χ3n) is 3.29. The van der Waals surface area contributed by atoms with Gasteiger partial charge in [0.2, 0.25) is 0 Å². The molecule has 0 spiro atoms. The van der Waals surface area contributed by atoms with E-state index in [2.05, 4.69) is 10.4 Å². The number of hydrogen-bond donors (Lipinski definition) is 1. The van der Waals surface area contributed by atoms with Gasteiger partial charge in [-0.15, -0.1) is 0 Å². The molecule has 2 aromatic rings. The molecule has 0 amide bonds. The zero-order chi connectivity index (χ0) is 14.8. The largest absolute Gasteiger partial charge is 0.319 e. The van der Waals surface area contributed by atoms with Crippen LogP contribution in [0.4, 0.5) is 0 Å². The minimum Gasteiger partial charge on any atom is -0.319 e. The second-order valence-electron chi connectivity index (χ2n) is 4.66. The SMILES string of the molecule is CNCCc1c(C)nn(S(=O)(=O)c2ccccc2)c1C. The van der Waals surface area contributed by atoms with Crippen molar-refractivity contribution in [2.45, 2.75) is 25.2 Å². The first-order chi connectivity index (χ1) is 9.48. The number of aryl methyl sites for hydroxylation is 1. The van der Waals surface area contributed by atoms with Gasteiger partial charge in [-0.3, -0.25) is 0 Å². The fraction of sp³-hybridized carbons (Fsp3) is 0.357. The summed E-state index contributed by atoms with van der Waals surface area (Å²) in [5, 5.41) is 7.28. The molecule has 6 heteroatoms. The third kappa shape index (κ3) is 2.62. The van der Waals surface area contributed by atoms with Crippen LogP contribution in [0.5, 0.6) is 0 Å². The van der Waals surface area contributed by atoms with Crippen LogP contribution in [0.15, 0.2) is 35.2 Å². The zero-order valence-electron chi connectivity index (χ0n) is 11.9. The molecule has 1 N–H and O–H groups in total. The van der Waals surface area contributed by atoms with Crippen molar-refractivity contribution in [3.8, 4) is 0 Å². The third-order valence-corrected chi connectivity index (χ3v) is 4.97. The summed E-state index contributed by atoms with van der Waals surface area (Å²) in [5.41, 5.74) is 2.43. The van der Waals surface area contributed by atoms with E-state index in [-0.39, 0.29) is 4.90 Å². The lowest BCUT2D eigenvalue weighted by molar-refractivity contribution is 0.577. The molecule has 0 aliphatic carbocycles. The lowest BCUT2D eigenvalue weighted by Gasteiger charge is -2.07. The second kappa shape index (κ2) is 5.76. The highest BCUT2D eigenvalue weighted by Gasteiger charge is 2.22. The van der Waals surface area contributed by atoms with Gasteiger partial charge in [0.25, 0.3) is 10.0 Å². The normalized spacial score (nSPS) is 11.8. The fourth-order valence-corrected chi connectivity index (χ4v) is 3.59. The Kier molecular flexibility index (Phi) is 4.25. The van der Waals surface area contributed by atoms with E-state index in [0.29, 0.717) is 5.69 Å². The molecule has 1 aromatic carbocycles. The number of likely N-dealkylation sites (N-methyl/N-ethyl adjacent to an activating group) is 1. The van der Waals surface area contributed by atoms with Crippen LogP contribution in [0.3, 0.4) is 0 Å². The quantitative estimate of drug-likeness (QED) is 0.907. The molecular formula is C14H19N3O2S. The smallest absolute Gasteiger partial charge is 0.283 e. The summed E-state index contributed by atoms with van der Waals surface area (Å²) in [5.74, 6) is 0. The standard InChI is InChI=1S/C14H19N3O2S/c1-11-14(9-10-15-3)12(2)17(16-11)20(18,19)13-7-5-4-6-8-13/h4-8,15H,9-10H2,1-3H3. The highest BCUT2D eigenvalue weighted by atomic mass is 32.2. The molecule has 1 heterocycles. The Morgan fingerprint density at radius 2 is 1.85 bits per heavy atom. The molecule has 2 rings (SSSR count). The maximum absolute atomic E-state index is 12.6. The summed E-state index contributed by atoms with van der Waals surface area (Å²) in [6, 6.07) is 8.37. The van der Waals surface area contributed by atoms with Crippen LogP contribution in [-0.4, -0.2) is 31.2 Å². The van der Waals surface area contributed by atoms with Crippen molar-refractivity contribution in [2.75, 3.05) is 13.6 Å². The van der Waals surface area contributed by atoms with Crippen LogP contribution in [0.2, 0.25) is 0 Å². The van der Waals surface area contributed by atoms with Gasteiger partial charge in [0.15, 0.2) is 0 Å². The van der Waals surface area contributed by atoms with Crippen LogP contribution in [0.1, 0.15) is 17.0 Å². The van der Waals surface area contributed by atoms with Gasteiger partial charge in [-0.1, -0.05) is 18.2 Å². The minimum atomic E-state index is -3.61. The lowest BCUT2D eigenvalue weighted by Crippen LogP contribution is -2.16. The summed E-state index contributed by atoms with van der Waals surface area (Å²) in [7, 11) is -1.74. The van der Waals surface area contributed by atoms with E-state index in [1.807, 2.05) is 14.0 Å². The van der Waals surface area contributed by atoms with Gasteiger partial charge in [0, 0.05) is 0 Å². The molecule has 0 radical (unpaired) electrons. The molecule has 0 bridgehead atoms. The van der Waals surface area contributed by atoms with Crippen molar-refractivity contribution in [1.29, 1.82) is 0 Å². The Morgan fingerprint density at radius 3 is 2.45 bits per heavy atom. The highest BCUT2D eigenvalue weighted by molar-refractivity contribution is 7.89. The first-order valence-corrected chi connectivity index (χ1v) is 7.93. The topological polar surface area (TPSA) is 64.0 Å². The Bertz CT molecular complexity index is 691. The molecule has 5 nitrogen and oxygen atoms in total. The van der Waals surface area contributed by atoms with Crippen molar-refractivity contribution < 1.29 is 8.42 Å². The van der Waals surface area contributed by atoms with Crippen LogP contribution >= 0.6 is 0 Å². The van der Waals surface area contributed by atoms with E-state index < -0.39 is 10.0 Å². The number of aromatic nitrogens is 2. The number of nitrogens with zero attached hydrogens (tertiary/aromatic N) is 2. The monoisotopic (exact) mass is 293 g/mol. The van der Waals surface area contributed by atoms with Gasteiger partial charge < -0.3 is 5.32 Å². The van der Waals surface area contributed by atoms with Crippen molar-refractivity contribution in [1.82, 2.24) is 14.5 Å². The number of rotatable bonds is 5. The van der Waals surface area contributed by atoms with Gasteiger partial charge in [-0.2, -0.15) is 17.6 Å². The van der Waals surface area contributed by atoms with E-state index >= 15 is 0 Å². The molecule has 0 saturated carbocycles. The summed E-state index contributed by atoms with van der Waals surface area (Å²) in [6.45, 7) is 4.43. The Labute approximate surface area is 119 Å². The first-order valence-electron chi connectivity index (χ1n) is 6.49. The fourth-order valence-electron chi connectivity index (χ4n) is 2.19. The highest BCUT2D eigenvalue weighted by Crippen LogP contribution is 2.19.